The maximum Gasteiger partial charge on any atom is 0.222 e. The van der Waals surface area contributed by atoms with Gasteiger partial charge in [-0.3, -0.25) is 0 Å². The van der Waals surface area contributed by atoms with Crippen LogP contribution in [0.1, 0.15) is 12.0 Å². The molecule has 0 spiro atoms. The Labute approximate surface area is 125 Å². The first-order chi connectivity index (χ1) is 9.67. The second-order valence-corrected chi connectivity index (χ2v) is 5.62. The molecule has 0 fully saturated rings. The number of fused-ring (bicyclic) bond motifs is 1. The minimum atomic E-state index is -0.967. The average molecular weight is 336 g/mol. The molecule has 1 atom stereocenters. The fraction of sp³-hybridized carbons (Fsp3) is 0.286. The number of aliphatic hydroxyl groups is 1. The second-order valence-electron chi connectivity index (χ2n) is 4.70. The third-order valence-electron chi connectivity index (χ3n) is 3.32. The van der Waals surface area contributed by atoms with Crippen LogP contribution in [0, 0.1) is 0 Å². The van der Waals surface area contributed by atoms with Crippen molar-refractivity contribution in [2.24, 2.45) is 0 Å². The van der Waals surface area contributed by atoms with Gasteiger partial charge in [-0.25, -0.2) is 9.97 Å². The number of nitrogens with zero attached hydrogens (tertiary/aromatic N) is 2. The van der Waals surface area contributed by atoms with Gasteiger partial charge in [0.15, 0.2) is 0 Å². The summed E-state index contributed by atoms with van der Waals surface area (Å²) in [5.74, 6) is 1.23. The average Bonchev–Trinajstić information content (AvgIpc) is 2.47. The summed E-state index contributed by atoms with van der Waals surface area (Å²) in [6.07, 6.45) is 3.86. The van der Waals surface area contributed by atoms with Gasteiger partial charge in [-0.2, -0.15) is 0 Å². The number of hydrogen-bond acceptors (Lipinski definition) is 5. The topological polar surface area (TPSA) is 67.3 Å². The number of rotatable bonds is 3. The summed E-state index contributed by atoms with van der Waals surface area (Å²) in [7, 11) is 0. The minimum absolute atomic E-state index is 0.342. The van der Waals surface area contributed by atoms with Crippen LogP contribution in [-0.4, -0.2) is 28.2 Å². The fourth-order valence-electron chi connectivity index (χ4n) is 2.25. The predicted molar refractivity (Wildman–Crippen MR) is 78.7 cm³/mol. The summed E-state index contributed by atoms with van der Waals surface area (Å²) in [5.41, 5.74) is -0.165. The summed E-state index contributed by atoms with van der Waals surface area (Å²) >= 11 is 3.29. The van der Waals surface area contributed by atoms with Crippen molar-refractivity contribution in [3.8, 4) is 5.75 Å². The molecule has 0 bridgehead atoms. The molecule has 2 heterocycles. The summed E-state index contributed by atoms with van der Waals surface area (Å²) in [5, 5.41) is 13.9. The largest absolute Gasteiger partial charge is 0.493 e. The van der Waals surface area contributed by atoms with E-state index in [-0.39, 0.29) is 0 Å². The standard InChI is InChI=1S/C14H14BrN3O2/c15-10-7-16-13(17-8-10)18-9-14(19)5-6-20-12-4-2-1-3-11(12)14/h1-4,7-8,19H,5-6,9H2,(H,16,17,18). The Morgan fingerprint density at radius 2 is 2.05 bits per heavy atom. The molecule has 6 heteroatoms. The van der Waals surface area contributed by atoms with E-state index in [4.69, 9.17) is 4.74 Å². The maximum absolute atomic E-state index is 10.8. The van der Waals surface area contributed by atoms with Gasteiger partial charge in [0.25, 0.3) is 0 Å². The summed E-state index contributed by atoms with van der Waals surface area (Å²) < 4.78 is 6.38. The number of benzene rings is 1. The Kier molecular flexibility index (Phi) is 3.58. The van der Waals surface area contributed by atoms with Gasteiger partial charge in [0.1, 0.15) is 11.4 Å². The number of nitrogens with one attached hydrogen (secondary N) is 1. The molecule has 0 saturated heterocycles. The normalized spacial score (nSPS) is 20.9. The molecular weight excluding hydrogens is 322 g/mol. The van der Waals surface area contributed by atoms with Gasteiger partial charge in [-0.1, -0.05) is 18.2 Å². The Balaban J connectivity index is 1.78. The van der Waals surface area contributed by atoms with E-state index in [0.29, 0.717) is 25.5 Å². The van der Waals surface area contributed by atoms with Crippen molar-refractivity contribution < 1.29 is 9.84 Å². The highest BCUT2D eigenvalue weighted by Crippen LogP contribution is 2.36. The Morgan fingerprint density at radius 3 is 2.85 bits per heavy atom. The van der Waals surface area contributed by atoms with Gasteiger partial charge < -0.3 is 15.2 Å². The lowest BCUT2D eigenvalue weighted by molar-refractivity contribution is 0.00901. The van der Waals surface area contributed by atoms with Gasteiger partial charge in [-0.05, 0) is 22.0 Å². The van der Waals surface area contributed by atoms with E-state index < -0.39 is 5.60 Å². The molecule has 2 aromatic rings. The van der Waals surface area contributed by atoms with Gasteiger partial charge in [0.05, 0.1) is 17.6 Å². The van der Waals surface area contributed by atoms with E-state index in [2.05, 4.69) is 31.2 Å². The monoisotopic (exact) mass is 335 g/mol. The molecular formula is C14H14BrN3O2. The molecule has 1 unspecified atom stereocenters. The van der Waals surface area contributed by atoms with E-state index in [1.807, 2.05) is 24.3 Å². The quantitative estimate of drug-likeness (QED) is 0.900. The molecule has 0 radical (unpaired) electrons. The third-order valence-corrected chi connectivity index (χ3v) is 3.73. The van der Waals surface area contributed by atoms with Crippen molar-refractivity contribution in [3.05, 3.63) is 46.7 Å². The van der Waals surface area contributed by atoms with Crippen molar-refractivity contribution in [2.75, 3.05) is 18.5 Å². The van der Waals surface area contributed by atoms with Gasteiger partial charge >= 0.3 is 0 Å². The number of hydrogen-bond donors (Lipinski definition) is 2. The highest BCUT2D eigenvalue weighted by molar-refractivity contribution is 9.10. The maximum atomic E-state index is 10.8. The van der Waals surface area contributed by atoms with E-state index >= 15 is 0 Å². The molecule has 5 nitrogen and oxygen atoms in total. The Hall–Kier alpha value is -1.66. The first-order valence-electron chi connectivity index (χ1n) is 6.33. The zero-order chi connectivity index (χ0) is 14.0. The number of ether oxygens (including phenoxy) is 1. The zero-order valence-electron chi connectivity index (χ0n) is 10.7. The van der Waals surface area contributed by atoms with Crippen molar-refractivity contribution in [3.63, 3.8) is 0 Å². The second kappa shape index (κ2) is 5.38. The molecule has 0 saturated carbocycles. The number of halogens is 1. The van der Waals surface area contributed by atoms with Crippen LogP contribution < -0.4 is 10.1 Å². The minimum Gasteiger partial charge on any atom is -0.493 e. The van der Waals surface area contributed by atoms with Crippen LogP contribution in [0.25, 0.3) is 0 Å². The molecule has 0 aliphatic carbocycles. The molecule has 3 rings (SSSR count). The van der Waals surface area contributed by atoms with Crippen LogP contribution in [0.4, 0.5) is 5.95 Å². The van der Waals surface area contributed by atoms with E-state index in [1.54, 1.807) is 12.4 Å². The lowest BCUT2D eigenvalue weighted by atomic mass is 9.88. The molecule has 104 valence electrons. The third kappa shape index (κ3) is 2.62. The van der Waals surface area contributed by atoms with Crippen LogP contribution >= 0.6 is 15.9 Å². The summed E-state index contributed by atoms with van der Waals surface area (Å²) in [6, 6.07) is 7.55. The predicted octanol–water partition coefficient (Wildman–Crippen LogP) is 2.32. The van der Waals surface area contributed by atoms with Crippen molar-refractivity contribution in [2.45, 2.75) is 12.0 Å². The van der Waals surface area contributed by atoms with Crippen molar-refractivity contribution in [1.29, 1.82) is 0 Å². The molecule has 1 aliphatic rings. The highest BCUT2D eigenvalue weighted by atomic mass is 79.9. The molecule has 0 amide bonds. The van der Waals surface area contributed by atoms with Crippen LogP contribution in [-0.2, 0) is 5.60 Å². The number of para-hydroxylation sites is 1. The molecule has 1 aliphatic heterocycles. The Bertz CT molecular complexity index is 606. The summed E-state index contributed by atoms with van der Waals surface area (Å²) in [4.78, 5) is 8.28. The van der Waals surface area contributed by atoms with Crippen molar-refractivity contribution in [1.82, 2.24) is 9.97 Å². The number of anilines is 1. The lowest BCUT2D eigenvalue weighted by Gasteiger charge is -2.34. The summed E-state index contributed by atoms with van der Waals surface area (Å²) in [6.45, 7) is 0.839. The SMILES string of the molecule is OC1(CNc2ncc(Br)cn2)CCOc2ccccc21. The van der Waals surface area contributed by atoms with E-state index in [9.17, 15) is 5.11 Å². The molecule has 2 N–H and O–H groups in total. The van der Waals surface area contributed by atoms with Crippen molar-refractivity contribution >= 4 is 21.9 Å². The van der Waals surface area contributed by atoms with Crippen LogP contribution in [0.15, 0.2) is 41.1 Å². The van der Waals surface area contributed by atoms with Crippen LogP contribution in [0.2, 0.25) is 0 Å². The van der Waals surface area contributed by atoms with Crippen LogP contribution in [0.5, 0.6) is 5.75 Å². The van der Waals surface area contributed by atoms with Gasteiger partial charge in [0, 0.05) is 24.4 Å². The van der Waals surface area contributed by atoms with Gasteiger partial charge in [-0.15, -0.1) is 0 Å². The smallest absolute Gasteiger partial charge is 0.222 e. The molecule has 20 heavy (non-hydrogen) atoms. The first kappa shape index (κ1) is 13.3. The Morgan fingerprint density at radius 1 is 1.30 bits per heavy atom. The van der Waals surface area contributed by atoms with Gasteiger partial charge in [0.2, 0.25) is 5.95 Å². The fourth-order valence-corrected chi connectivity index (χ4v) is 2.46. The van der Waals surface area contributed by atoms with Crippen LogP contribution in [0.3, 0.4) is 0 Å². The van der Waals surface area contributed by atoms with E-state index in [1.165, 1.54) is 0 Å². The lowest BCUT2D eigenvalue weighted by Crippen LogP contribution is -2.39. The molecule has 1 aromatic carbocycles. The highest BCUT2D eigenvalue weighted by Gasteiger charge is 2.35. The first-order valence-corrected chi connectivity index (χ1v) is 7.13. The number of aromatic nitrogens is 2. The van der Waals surface area contributed by atoms with E-state index in [0.717, 1.165) is 15.8 Å². The zero-order valence-corrected chi connectivity index (χ0v) is 12.3. The molecule has 1 aromatic heterocycles.